The molecule has 0 aliphatic rings. The molecule has 0 radical (unpaired) electrons. The number of hydrogen-bond acceptors (Lipinski definition) is 2. The van der Waals surface area contributed by atoms with Crippen LogP contribution in [-0.4, -0.2) is 20.1 Å². The van der Waals surface area contributed by atoms with Crippen molar-refractivity contribution in [1.82, 2.24) is 10.6 Å². The van der Waals surface area contributed by atoms with Gasteiger partial charge in [-0.05, 0) is 43.2 Å². The SMILES string of the molecule is CNCCCNCc1ccc(-c2ccccc2)cc1.Cl.Cl. The fraction of sp³-hybridized carbons (Fsp3) is 0.294. The highest BCUT2D eigenvalue weighted by molar-refractivity contribution is 5.85. The minimum absolute atomic E-state index is 0. The Labute approximate surface area is 140 Å². The van der Waals surface area contributed by atoms with Crippen molar-refractivity contribution in [3.8, 4) is 11.1 Å². The molecular formula is C17H24Cl2N2. The molecule has 0 atom stereocenters. The first-order valence-corrected chi connectivity index (χ1v) is 6.90. The Morgan fingerprint density at radius 2 is 1.38 bits per heavy atom. The van der Waals surface area contributed by atoms with Crippen molar-refractivity contribution in [1.29, 1.82) is 0 Å². The molecule has 2 N–H and O–H groups in total. The Morgan fingerprint density at radius 1 is 0.762 bits per heavy atom. The van der Waals surface area contributed by atoms with Gasteiger partial charge in [0.2, 0.25) is 0 Å². The summed E-state index contributed by atoms with van der Waals surface area (Å²) in [6.07, 6.45) is 1.17. The molecule has 2 aromatic rings. The molecule has 0 heterocycles. The van der Waals surface area contributed by atoms with Gasteiger partial charge in [0, 0.05) is 6.54 Å². The second-order valence-corrected chi connectivity index (χ2v) is 4.70. The molecule has 2 nitrogen and oxygen atoms in total. The number of rotatable bonds is 7. The predicted octanol–water partition coefficient (Wildman–Crippen LogP) is 3.90. The summed E-state index contributed by atoms with van der Waals surface area (Å²) in [7, 11) is 1.99. The van der Waals surface area contributed by atoms with E-state index < -0.39 is 0 Å². The monoisotopic (exact) mass is 326 g/mol. The van der Waals surface area contributed by atoms with E-state index in [4.69, 9.17) is 0 Å². The molecular weight excluding hydrogens is 303 g/mol. The number of halogens is 2. The van der Waals surface area contributed by atoms with Crippen LogP contribution in [-0.2, 0) is 6.54 Å². The van der Waals surface area contributed by atoms with Crippen molar-refractivity contribution in [2.45, 2.75) is 13.0 Å². The average Bonchev–Trinajstić information content (AvgIpc) is 2.49. The predicted molar refractivity (Wildman–Crippen MR) is 96.6 cm³/mol. The van der Waals surface area contributed by atoms with Crippen LogP contribution in [0.5, 0.6) is 0 Å². The molecule has 2 rings (SSSR count). The molecule has 0 aliphatic heterocycles. The van der Waals surface area contributed by atoms with Crippen LogP contribution in [0.4, 0.5) is 0 Å². The molecule has 21 heavy (non-hydrogen) atoms. The third kappa shape index (κ3) is 6.96. The van der Waals surface area contributed by atoms with Crippen LogP contribution in [0, 0.1) is 0 Å². The van der Waals surface area contributed by atoms with Gasteiger partial charge in [0.25, 0.3) is 0 Å². The lowest BCUT2D eigenvalue weighted by atomic mass is 10.0. The highest BCUT2D eigenvalue weighted by Crippen LogP contribution is 2.19. The van der Waals surface area contributed by atoms with Crippen LogP contribution in [0.2, 0.25) is 0 Å². The molecule has 2 aromatic carbocycles. The summed E-state index contributed by atoms with van der Waals surface area (Å²) >= 11 is 0. The number of benzene rings is 2. The van der Waals surface area contributed by atoms with Crippen molar-refractivity contribution < 1.29 is 0 Å². The van der Waals surface area contributed by atoms with Crippen LogP contribution >= 0.6 is 24.8 Å². The lowest BCUT2D eigenvalue weighted by Gasteiger charge is -2.06. The van der Waals surface area contributed by atoms with Crippen LogP contribution in [0.1, 0.15) is 12.0 Å². The van der Waals surface area contributed by atoms with Gasteiger partial charge < -0.3 is 10.6 Å². The summed E-state index contributed by atoms with van der Waals surface area (Å²) in [5, 5.41) is 6.61. The molecule has 116 valence electrons. The van der Waals surface area contributed by atoms with Gasteiger partial charge in [-0.1, -0.05) is 54.6 Å². The van der Waals surface area contributed by atoms with E-state index in [0.29, 0.717) is 0 Å². The lowest BCUT2D eigenvalue weighted by Crippen LogP contribution is -2.19. The van der Waals surface area contributed by atoms with Crippen molar-refractivity contribution in [2.24, 2.45) is 0 Å². The first-order chi connectivity index (χ1) is 9.40. The van der Waals surface area contributed by atoms with Gasteiger partial charge in [-0.15, -0.1) is 24.8 Å². The van der Waals surface area contributed by atoms with Crippen molar-refractivity contribution in [3.63, 3.8) is 0 Å². The lowest BCUT2D eigenvalue weighted by molar-refractivity contribution is 0.625. The van der Waals surface area contributed by atoms with Gasteiger partial charge in [-0.25, -0.2) is 0 Å². The standard InChI is InChI=1S/C17H22N2.2ClH/c1-18-12-5-13-19-14-15-8-10-17(11-9-15)16-6-3-2-4-7-16;;/h2-4,6-11,18-19H,5,12-14H2,1H3;2*1H. The van der Waals surface area contributed by atoms with Gasteiger partial charge in [0.15, 0.2) is 0 Å². The zero-order valence-corrected chi connectivity index (χ0v) is 14.0. The largest absolute Gasteiger partial charge is 0.320 e. The van der Waals surface area contributed by atoms with E-state index in [1.165, 1.54) is 23.1 Å². The summed E-state index contributed by atoms with van der Waals surface area (Å²) in [5.41, 5.74) is 3.89. The van der Waals surface area contributed by atoms with Crippen LogP contribution in [0.3, 0.4) is 0 Å². The fourth-order valence-electron chi connectivity index (χ4n) is 2.07. The highest BCUT2D eigenvalue weighted by Gasteiger charge is 1.97. The second kappa shape index (κ2) is 11.6. The number of hydrogen-bond donors (Lipinski definition) is 2. The van der Waals surface area contributed by atoms with Crippen molar-refractivity contribution >= 4 is 24.8 Å². The summed E-state index contributed by atoms with van der Waals surface area (Å²) < 4.78 is 0. The van der Waals surface area contributed by atoms with Crippen LogP contribution in [0.15, 0.2) is 54.6 Å². The average molecular weight is 327 g/mol. The molecule has 0 fully saturated rings. The molecule has 0 amide bonds. The van der Waals surface area contributed by atoms with Crippen molar-refractivity contribution in [3.05, 3.63) is 60.2 Å². The van der Waals surface area contributed by atoms with E-state index in [1.807, 2.05) is 13.1 Å². The summed E-state index contributed by atoms with van der Waals surface area (Å²) in [4.78, 5) is 0. The van der Waals surface area contributed by atoms with E-state index >= 15 is 0 Å². The smallest absolute Gasteiger partial charge is 0.0205 e. The minimum Gasteiger partial charge on any atom is -0.320 e. The van der Waals surface area contributed by atoms with Crippen LogP contribution < -0.4 is 10.6 Å². The van der Waals surface area contributed by atoms with Gasteiger partial charge in [-0.2, -0.15) is 0 Å². The normalized spacial score (nSPS) is 9.57. The Morgan fingerprint density at radius 3 is 2.00 bits per heavy atom. The molecule has 0 saturated heterocycles. The molecule has 4 heteroatoms. The van der Waals surface area contributed by atoms with E-state index in [-0.39, 0.29) is 24.8 Å². The summed E-state index contributed by atoms with van der Waals surface area (Å²) in [6.45, 7) is 3.07. The van der Waals surface area contributed by atoms with E-state index in [9.17, 15) is 0 Å². The molecule has 0 saturated carbocycles. The van der Waals surface area contributed by atoms with E-state index in [2.05, 4.69) is 59.2 Å². The van der Waals surface area contributed by atoms with Gasteiger partial charge in [-0.3, -0.25) is 0 Å². The van der Waals surface area contributed by atoms with E-state index in [0.717, 1.165) is 19.6 Å². The Balaban J connectivity index is 0.00000200. The maximum Gasteiger partial charge on any atom is 0.0205 e. The zero-order valence-electron chi connectivity index (χ0n) is 12.3. The Kier molecular flexibility index (Phi) is 11.0. The topological polar surface area (TPSA) is 24.1 Å². The second-order valence-electron chi connectivity index (χ2n) is 4.70. The summed E-state index contributed by atoms with van der Waals surface area (Å²) in [6, 6.07) is 19.3. The molecule has 0 unspecified atom stereocenters. The maximum absolute atomic E-state index is 3.46. The molecule has 0 aromatic heterocycles. The Bertz CT molecular complexity index is 472. The third-order valence-corrected chi connectivity index (χ3v) is 3.17. The molecule has 0 bridgehead atoms. The van der Waals surface area contributed by atoms with Gasteiger partial charge in [0.05, 0.1) is 0 Å². The minimum atomic E-state index is 0. The summed E-state index contributed by atoms with van der Waals surface area (Å²) in [5.74, 6) is 0. The van der Waals surface area contributed by atoms with Gasteiger partial charge in [0.1, 0.15) is 0 Å². The fourth-order valence-corrected chi connectivity index (χ4v) is 2.07. The van der Waals surface area contributed by atoms with E-state index in [1.54, 1.807) is 0 Å². The van der Waals surface area contributed by atoms with Crippen molar-refractivity contribution in [2.75, 3.05) is 20.1 Å². The third-order valence-electron chi connectivity index (χ3n) is 3.17. The van der Waals surface area contributed by atoms with Crippen LogP contribution in [0.25, 0.3) is 11.1 Å². The quantitative estimate of drug-likeness (QED) is 0.754. The number of nitrogens with one attached hydrogen (secondary N) is 2. The van der Waals surface area contributed by atoms with Gasteiger partial charge >= 0.3 is 0 Å². The first-order valence-electron chi connectivity index (χ1n) is 6.90. The Hall–Kier alpha value is -1.06. The first kappa shape index (κ1) is 19.9. The maximum atomic E-state index is 3.46. The zero-order chi connectivity index (χ0) is 13.3. The molecule has 0 aliphatic carbocycles. The highest BCUT2D eigenvalue weighted by atomic mass is 35.5. The molecule has 0 spiro atoms.